The average Bonchev–Trinajstić information content (AvgIpc) is 2.58. The van der Waals surface area contributed by atoms with Gasteiger partial charge in [-0.3, -0.25) is 9.59 Å². The van der Waals surface area contributed by atoms with Crippen molar-refractivity contribution in [1.82, 2.24) is 10.2 Å². The number of rotatable bonds is 8. The molecule has 0 fully saturated rings. The van der Waals surface area contributed by atoms with Crippen molar-refractivity contribution in [2.75, 3.05) is 7.05 Å². The van der Waals surface area contributed by atoms with E-state index >= 15 is 0 Å². The van der Waals surface area contributed by atoms with Crippen LogP contribution in [0.5, 0.6) is 0 Å². The van der Waals surface area contributed by atoms with E-state index in [2.05, 4.69) is 5.32 Å². The number of carbonyl (C=O) groups is 3. The van der Waals surface area contributed by atoms with Gasteiger partial charge in [0.15, 0.2) is 0 Å². The zero-order valence-corrected chi connectivity index (χ0v) is 17.7. The van der Waals surface area contributed by atoms with Gasteiger partial charge in [0.05, 0.1) is 6.42 Å². The van der Waals surface area contributed by atoms with Crippen LogP contribution in [-0.2, 0) is 25.7 Å². The number of hydrogen-bond donors (Lipinski definition) is 1. The van der Waals surface area contributed by atoms with Gasteiger partial charge in [-0.1, -0.05) is 30.3 Å². The predicted octanol–water partition coefficient (Wildman–Crippen LogP) is 3.27. The van der Waals surface area contributed by atoms with Gasteiger partial charge in [0.1, 0.15) is 12.2 Å². The maximum Gasteiger partial charge on any atom is 0.410 e. The first-order valence-corrected chi connectivity index (χ1v) is 9.42. The quantitative estimate of drug-likeness (QED) is 0.687. The van der Waals surface area contributed by atoms with Crippen LogP contribution in [0.4, 0.5) is 4.79 Å². The molecule has 156 valence electrons. The van der Waals surface area contributed by atoms with E-state index in [9.17, 15) is 14.4 Å². The van der Waals surface area contributed by atoms with Crippen LogP contribution in [-0.4, -0.2) is 47.6 Å². The Balaban J connectivity index is 2.36. The fourth-order valence-corrected chi connectivity index (χ4v) is 2.35. The number of amides is 2. The summed E-state index contributed by atoms with van der Waals surface area (Å²) in [5.74, 6) is -0.623. The van der Waals surface area contributed by atoms with E-state index in [0.717, 1.165) is 5.56 Å². The Labute approximate surface area is 167 Å². The molecule has 0 unspecified atom stereocenters. The minimum Gasteiger partial charge on any atom is -0.461 e. The van der Waals surface area contributed by atoms with Gasteiger partial charge in [0.25, 0.3) is 0 Å². The van der Waals surface area contributed by atoms with Crippen molar-refractivity contribution in [2.45, 2.75) is 71.8 Å². The average molecular weight is 392 g/mol. The number of hydrogen-bond acceptors (Lipinski definition) is 5. The van der Waals surface area contributed by atoms with E-state index in [1.165, 1.54) is 4.90 Å². The van der Waals surface area contributed by atoms with Gasteiger partial charge in [0.2, 0.25) is 5.91 Å². The molecule has 0 aliphatic heterocycles. The molecule has 7 heteroatoms. The third-order valence-electron chi connectivity index (χ3n) is 3.95. The number of ether oxygens (including phenoxy) is 2. The Morgan fingerprint density at radius 3 is 2.25 bits per heavy atom. The fourth-order valence-electron chi connectivity index (χ4n) is 2.35. The third kappa shape index (κ3) is 9.39. The third-order valence-corrected chi connectivity index (χ3v) is 3.95. The molecule has 0 aliphatic carbocycles. The first kappa shape index (κ1) is 23.5. The largest absolute Gasteiger partial charge is 0.461 e. The van der Waals surface area contributed by atoms with Crippen LogP contribution in [0.2, 0.25) is 0 Å². The summed E-state index contributed by atoms with van der Waals surface area (Å²) < 4.78 is 10.5. The Bertz CT molecular complexity index is 655. The van der Waals surface area contributed by atoms with Crippen LogP contribution in [0.25, 0.3) is 0 Å². The number of carbonyl (C=O) groups excluding carboxylic acids is 3. The van der Waals surface area contributed by atoms with Gasteiger partial charge in [-0.25, -0.2) is 4.79 Å². The molecule has 0 aromatic heterocycles. The van der Waals surface area contributed by atoms with Gasteiger partial charge in [-0.05, 0) is 40.2 Å². The molecule has 1 N–H and O–H groups in total. The maximum atomic E-state index is 12.2. The minimum atomic E-state index is -0.595. The molecule has 0 saturated carbocycles. The Morgan fingerprint density at radius 1 is 1.07 bits per heavy atom. The van der Waals surface area contributed by atoms with E-state index < -0.39 is 11.7 Å². The van der Waals surface area contributed by atoms with Crippen LogP contribution in [0.1, 0.15) is 53.0 Å². The molecule has 0 radical (unpaired) electrons. The molecule has 28 heavy (non-hydrogen) atoms. The van der Waals surface area contributed by atoms with Gasteiger partial charge in [-0.2, -0.15) is 0 Å². The van der Waals surface area contributed by atoms with E-state index in [-0.39, 0.29) is 43.4 Å². The van der Waals surface area contributed by atoms with Crippen molar-refractivity contribution >= 4 is 18.0 Å². The summed E-state index contributed by atoms with van der Waals surface area (Å²) in [6, 6.07) is 8.69. The molecular formula is C21H32N2O5. The lowest BCUT2D eigenvalue weighted by atomic mass is 10.1. The number of esters is 1. The Morgan fingerprint density at radius 2 is 1.68 bits per heavy atom. The lowest BCUT2D eigenvalue weighted by Crippen LogP contribution is -2.43. The van der Waals surface area contributed by atoms with Crippen molar-refractivity contribution in [2.24, 2.45) is 0 Å². The highest BCUT2D eigenvalue weighted by Gasteiger charge is 2.24. The first-order chi connectivity index (χ1) is 13.0. The monoisotopic (exact) mass is 392 g/mol. The highest BCUT2D eigenvalue weighted by molar-refractivity contribution is 5.79. The fraction of sp³-hybridized carbons (Fsp3) is 0.571. The molecule has 1 aromatic carbocycles. The molecule has 0 bridgehead atoms. The van der Waals surface area contributed by atoms with Crippen molar-refractivity contribution in [1.29, 1.82) is 0 Å². The van der Waals surface area contributed by atoms with Gasteiger partial charge in [0, 0.05) is 25.6 Å². The summed E-state index contributed by atoms with van der Waals surface area (Å²) >= 11 is 0. The number of nitrogens with zero attached hydrogens (tertiary/aromatic N) is 1. The van der Waals surface area contributed by atoms with Crippen molar-refractivity contribution in [3.05, 3.63) is 35.9 Å². The molecule has 2 atom stereocenters. The smallest absolute Gasteiger partial charge is 0.410 e. The van der Waals surface area contributed by atoms with Crippen LogP contribution in [0.3, 0.4) is 0 Å². The minimum absolute atomic E-state index is 0.0782. The number of nitrogens with one attached hydrogen (secondary N) is 1. The summed E-state index contributed by atoms with van der Waals surface area (Å²) in [7, 11) is 1.59. The summed E-state index contributed by atoms with van der Waals surface area (Å²) in [5.41, 5.74) is 0.314. The van der Waals surface area contributed by atoms with E-state index in [1.807, 2.05) is 30.3 Å². The van der Waals surface area contributed by atoms with Crippen molar-refractivity contribution in [3.8, 4) is 0 Å². The first-order valence-electron chi connectivity index (χ1n) is 9.42. The molecule has 0 aliphatic rings. The molecule has 1 aromatic rings. The highest BCUT2D eigenvalue weighted by atomic mass is 16.6. The second-order valence-corrected chi connectivity index (χ2v) is 7.96. The van der Waals surface area contributed by atoms with E-state index in [1.54, 1.807) is 41.7 Å². The molecule has 2 amide bonds. The molecule has 1 rings (SSSR count). The lowest BCUT2D eigenvalue weighted by molar-refractivity contribution is -0.145. The Kier molecular flexibility index (Phi) is 8.96. The Hall–Kier alpha value is -2.57. The molecule has 0 saturated heterocycles. The standard InChI is InChI=1S/C21H32N2O5/c1-15(12-19(25)27-14-17-10-8-7-9-11-17)22-18(24)13-16(2)23(6)20(26)28-21(3,4)5/h7-11,15-16H,12-14H2,1-6H3,(H,22,24)/t15-,16-/m0/s1. The summed E-state index contributed by atoms with van der Waals surface area (Å²) in [6.07, 6.45) is -0.293. The number of benzene rings is 1. The van der Waals surface area contributed by atoms with Crippen LogP contribution >= 0.6 is 0 Å². The topological polar surface area (TPSA) is 84.9 Å². The predicted molar refractivity (Wildman–Crippen MR) is 107 cm³/mol. The lowest BCUT2D eigenvalue weighted by Gasteiger charge is -2.28. The van der Waals surface area contributed by atoms with Gasteiger partial charge in [-0.15, -0.1) is 0 Å². The second kappa shape index (κ2) is 10.7. The van der Waals surface area contributed by atoms with Crippen molar-refractivity contribution < 1.29 is 23.9 Å². The van der Waals surface area contributed by atoms with Crippen molar-refractivity contribution in [3.63, 3.8) is 0 Å². The molecule has 0 spiro atoms. The molecule has 7 nitrogen and oxygen atoms in total. The zero-order valence-electron chi connectivity index (χ0n) is 17.7. The summed E-state index contributed by atoms with van der Waals surface area (Å²) in [5, 5.41) is 2.76. The normalized spacial score (nSPS) is 13.2. The van der Waals surface area contributed by atoms with Crippen LogP contribution in [0.15, 0.2) is 30.3 Å². The maximum absolute atomic E-state index is 12.2. The second-order valence-electron chi connectivity index (χ2n) is 7.96. The SMILES string of the molecule is C[C@@H](CC(=O)OCc1ccccc1)NC(=O)C[C@H](C)N(C)C(=O)OC(C)(C)C. The summed E-state index contributed by atoms with van der Waals surface area (Å²) in [4.78, 5) is 37.6. The van der Waals surface area contributed by atoms with Gasteiger partial charge >= 0.3 is 12.1 Å². The zero-order chi connectivity index (χ0) is 21.3. The summed E-state index contributed by atoms with van der Waals surface area (Å²) in [6.45, 7) is 9.07. The van der Waals surface area contributed by atoms with Gasteiger partial charge < -0.3 is 19.7 Å². The van der Waals surface area contributed by atoms with Crippen LogP contribution < -0.4 is 5.32 Å². The van der Waals surface area contributed by atoms with E-state index in [4.69, 9.17) is 9.47 Å². The molecular weight excluding hydrogens is 360 g/mol. The molecule has 0 heterocycles. The highest BCUT2D eigenvalue weighted by Crippen LogP contribution is 2.12. The van der Waals surface area contributed by atoms with E-state index in [0.29, 0.717) is 0 Å². The van der Waals surface area contributed by atoms with Crippen LogP contribution in [0, 0.1) is 0 Å².